The Labute approximate surface area is 129 Å². The fourth-order valence-electron chi connectivity index (χ4n) is 2.25. The summed E-state index contributed by atoms with van der Waals surface area (Å²) in [5.41, 5.74) is 6.77. The van der Waals surface area contributed by atoms with Crippen molar-refractivity contribution in [1.82, 2.24) is 10.2 Å². The highest BCUT2D eigenvalue weighted by Gasteiger charge is 2.37. The van der Waals surface area contributed by atoms with Gasteiger partial charge in [0.05, 0.1) is 5.54 Å². The summed E-state index contributed by atoms with van der Waals surface area (Å²) >= 11 is 11.2. The fraction of sp³-hybridized carbons (Fsp3) is 0.429. The van der Waals surface area contributed by atoms with Crippen molar-refractivity contribution in [3.05, 3.63) is 34.3 Å². The Morgan fingerprint density at radius 1 is 1.55 bits per heavy atom. The van der Waals surface area contributed by atoms with Crippen LogP contribution in [0.5, 0.6) is 0 Å². The first-order valence-corrected chi connectivity index (χ1v) is 7.22. The summed E-state index contributed by atoms with van der Waals surface area (Å²) in [6, 6.07) is 5.55. The van der Waals surface area contributed by atoms with Gasteiger partial charge in [-0.2, -0.15) is 0 Å². The third-order valence-corrected chi connectivity index (χ3v) is 4.30. The van der Waals surface area contributed by atoms with Crippen molar-refractivity contribution in [3.8, 4) is 0 Å². The van der Waals surface area contributed by atoms with E-state index in [0.29, 0.717) is 23.1 Å². The third kappa shape index (κ3) is 2.95. The summed E-state index contributed by atoms with van der Waals surface area (Å²) in [6.45, 7) is 5.91. The molecule has 3 N–H and O–H groups in total. The van der Waals surface area contributed by atoms with E-state index in [-0.39, 0.29) is 5.91 Å². The number of hydrogen-bond acceptors (Lipinski definition) is 3. The first-order chi connectivity index (χ1) is 9.32. The van der Waals surface area contributed by atoms with Gasteiger partial charge in [0.1, 0.15) is 4.99 Å². The van der Waals surface area contributed by atoms with Gasteiger partial charge in [0.25, 0.3) is 0 Å². The molecule has 0 atom stereocenters. The number of amides is 1. The molecule has 1 aliphatic rings. The number of rotatable bonds is 3. The number of nitrogens with zero attached hydrogens (tertiary/aromatic N) is 1. The highest BCUT2D eigenvalue weighted by molar-refractivity contribution is 7.80. The van der Waals surface area contributed by atoms with Crippen molar-refractivity contribution >= 4 is 34.7 Å². The van der Waals surface area contributed by atoms with Crippen LogP contribution in [0.1, 0.15) is 25.0 Å². The van der Waals surface area contributed by atoms with E-state index in [2.05, 4.69) is 10.2 Å². The molecule has 0 saturated carbocycles. The number of halogens is 1. The van der Waals surface area contributed by atoms with Gasteiger partial charge in [-0.15, -0.1) is 0 Å². The van der Waals surface area contributed by atoms with Crippen LogP contribution in [-0.4, -0.2) is 34.4 Å². The summed E-state index contributed by atoms with van der Waals surface area (Å²) in [4.78, 5) is 14.4. The second kappa shape index (κ2) is 5.68. The molecular formula is C14H18ClN3OS. The molecule has 1 amide bonds. The van der Waals surface area contributed by atoms with E-state index in [4.69, 9.17) is 29.6 Å². The van der Waals surface area contributed by atoms with Crippen molar-refractivity contribution in [2.75, 3.05) is 13.1 Å². The molecule has 4 nitrogen and oxygen atoms in total. The molecule has 20 heavy (non-hydrogen) atoms. The van der Waals surface area contributed by atoms with Crippen LogP contribution in [-0.2, 0) is 11.3 Å². The van der Waals surface area contributed by atoms with Gasteiger partial charge < -0.3 is 11.1 Å². The molecule has 1 saturated heterocycles. The van der Waals surface area contributed by atoms with Crippen LogP contribution in [0.25, 0.3) is 0 Å². The van der Waals surface area contributed by atoms with E-state index in [1.807, 2.05) is 26.0 Å². The Morgan fingerprint density at radius 3 is 2.85 bits per heavy atom. The summed E-state index contributed by atoms with van der Waals surface area (Å²) < 4.78 is 0. The maximum absolute atomic E-state index is 11.9. The Hall–Kier alpha value is -1.17. The van der Waals surface area contributed by atoms with Crippen molar-refractivity contribution in [2.24, 2.45) is 5.73 Å². The van der Waals surface area contributed by atoms with Crippen molar-refractivity contribution in [2.45, 2.75) is 25.9 Å². The van der Waals surface area contributed by atoms with E-state index < -0.39 is 5.54 Å². The highest BCUT2D eigenvalue weighted by Crippen LogP contribution is 2.25. The summed E-state index contributed by atoms with van der Waals surface area (Å²) in [6.07, 6.45) is 0. The molecule has 0 spiro atoms. The second-order valence-electron chi connectivity index (χ2n) is 5.41. The van der Waals surface area contributed by atoms with Gasteiger partial charge in [-0.1, -0.05) is 36.0 Å². The number of carbonyl (C=O) groups excluding carboxylic acids is 1. The van der Waals surface area contributed by atoms with Crippen molar-refractivity contribution in [3.63, 3.8) is 0 Å². The lowest BCUT2D eigenvalue weighted by Gasteiger charge is -2.41. The third-order valence-electron chi connectivity index (χ3n) is 3.71. The highest BCUT2D eigenvalue weighted by atomic mass is 35.5. The largest absolute Gasteiger partial charge is 0.389 e. The van der Waals surface area contributed by atoms with Crippen LogP contribution < -0.4 is 11.1 Å². The minimum absolute atomic E-state index is 0.0413. The summed E-state index contributed by atoms with van der Waals surface area (Å²) in [5, 5.41) is 3.50. The Bertz CT molecular complexity index is 559. The number of nitrogens with two attached hydrogens (primary N) is 1. The lowest BCUT2D eigenvalue weighted by molar-refractivity contribution is -0.135. The van der Waals surface area contributed by atoms with Crippen molar-refractivity contribution < 1.29 is 4.79 Å². The maximum Gasteiger partial charge on any atom is 0.240 e. The summed E-state index contributed by atoms with van der Waals surface area (Å²) in [7, 11) is 0. The zero-order valence-corrected chi connectivity index (χ0v) is 13.1. The minimum Gasteiger partial charge on any atom is -0.389 e. The number of benzene rings is 1. The molecule has 6 heteroatoms. The maximum atomic E-state index is 11.9. The smallest absolute Gasteiger partial charge is 0.240 e. The van der Waals surface area contributed by atoms with E-state index >= 15 is 0 Å². The standard InChI is InChI=1S/C14H18ClN3OS/c1-14(2)13(19)17-5-6-18(14)8-10-4-3-9(12(16)20)7-11(10)15/h3-4,7H,5-6,8H2,1-2H3,(H2,16,20)(H,17,19). The molecule has 0 unspecified atom stereocenters. The molecule has 0 radical (unpaired) electrons. The lowest BCUT2D eigenvalue weighted by Crippen LogP contribution is -2.61. The van der Waals surface area contributed by atoms with Gasteiger partial charge >= 0.3 is 0 Å². The topological polar surface area (TPSA) is 58.4 Å². The molecule has 1 aliphatic heterocycles. The average molecular weight is 312 g/mol. The first kappa shape index (κ1) is 15.2. The number of hydrogen-bond donors (Lipinski definition) is 2. The molecule has 2 rings (SSSR count). The molecule has 1 fully saturated rings. The lowest BCUT2D eigenvalue weighted by atomic mass is 9.98. The molecule has 1 aromatic rings. The van der Waals surface area contributed by atoms with Crippen LogP contribution in [0, 0.1) is 0 Å². The zero-order chi connectivity index (χ0) is 14.9. The van der Waals surface area contributed by atoms with Crippen LogP contribution in [0.2, 0.25) is 5.02 Å². The SMILES string of the molecule is CC1(C)C(=O)NCCN1Cc1ccc(C(N)=S)cc1Cl. The average Bonchev–Trinajstić information content (AvgIpc) is 2.37. The number of thiocarbonyl (C=S) groups is 1. The fourth-order valence-corrected chi connectivity index (χ4v) is 2.62. The van der Waals surface area contributed by atoms with Gasteiger partial charge in [-0.3, -0.25) is 9.69 Å². The Kier molecular flexibility index (Phi) is 4.32. The molecule has 0 bridgehead atoms. The van der Waals surface area contributed by atoms with E-state index in [1.165, 1.54) is 0 Å². The van der Waals surface area contributed by atoms with Gasteiger partial charge in [-0.25, -0.2) is 0 Å². The van der Waals surface area contributed by atoms with E-state index in [0.717, 1.165) is 17.7 Å². The van der Waals surface area contributed by atoms with E-state index in [9.17, 15) is 4.79 Å². The predicted octanol–water partition coefficient (Wildman–Crippen LogP) is 1.68. The Balaban J connectivity index is 2.21. The Morgan fingerprint density at radius 2 is 2.25 bits per heavy atom. The molecule has 0 aliphatic carbocycles. The zero-order valence-electron chi connectivity index (χ0n) is 11.6. The molecule has 0 aromatic heterocycles. The number of nitrogens with one attached hydrogen (secondary N) is 1. The minimum atomic E-state index is -0.538. The number of piperazine rings is 1. The van der Waals surface area contributed by atoms with Crippen LogP contribution in [0.3, 0.4) is 0 Å². The van der Waals surface area contributed by atoms with E-state index in [1.54, 1.807) is 6.07 Å². The van der Waals surface area contributed by atoms with Gasteiger partial charge in [0, 0.05) is 30.2 Å². The monoisotopic (exact) mass is 311 g/mol. The molecule has 108 valence electrons. The van der Waals surface area contributed by atoms with Crippen LogP contribution >= 0.6 is 23.8 Å². The first-order valence-electron chi connectivity index (χ1n) is 6.44. The second-order valence-corrected chi connectivity index (χ2v) is 6.25. The molecular weight excluding hydrogens is 294 g/mol. The number of carbonyl (C=O) groups is 1. The quantitative estimate of drug-likeness (QED) is 0.834. The van der Waals surface area contributed by atoms with Gasteiger partial charge in [-0.05, 0) is 25.5 Å². The molecule has 1 aromatic carbocycles. The predicted molar refractivity (Wildman–Crippen MR) is 84.8 cm³/mol. The van der Waals surface area contributed by atoms with Crippen LogP contribution in [0.15, 0.2) is 18.2 Å². The van der Waals surface area contributed by atoms with Crippen molar-refractivity contribution in [1.29, 1.82) is 0 Å². The van der Waals surface area contributed by atoms with Gasteiger partial charge in [0.2, 0.25) is 5.91 Å². The summed E-state index contributed by atoms with van der Waals surface area (Å²) in [5.74, 6) is 0.0413. The van der Waals surface area contributed by atoms with Crippen LogP contribution in [0.4, 0.5) is 0 Å². The normalized spacial score (nSPS) is 18.6. The van der Waals surface area contributed by atoms with Gasteiger partial charge in [0.15, 0.2) is 0 Å². The molecule has 1 heterocycles.